The smallest absolute Gasteiger partial charge is 0.227 e. The van der Waals surface area contributed by atoms with Crippen molar-refractivity contribution in [3.8, 4) is 0 Å². The minimum absolute atomic E-state index is 0.0973. The van der Waals surface area contributed by atoms with Crippen LogP contribution in [0.1, 0.15) is 24.0 Å². The zero-order valence-electron chi connectivity index (χ0n) is 19.8. The van der Waals surface area contributed by atoms with Crippen molar-refractivity contribution in [2.75, 3.05) is 31.6 Å². The van der Waals surface area contributed by atoms with Crippen molar-refractivity contribution >= 4 is 44.5 Å². The molecule has 8 nitrogen and oxygen atoms in total. The number of likely N-dealkylation sites (tertiary alicyclic amines) is 1. The Morgan fingerprint density at radius 2 is 1.78 bits per heavy atom. The van der Waals surface area contributed by atoms with Crippen molar-refractivity contribution in [1.82, 2.24) is 19.9 Å². The number of aliphatic hydroxyl groups excluding tert-OH is 1. The second-order valence-corrected chi connectivity index (χ2v) is 11.1. The van der Waals surface area contributed by atoms with Crippen LogP contribution in [0.2, 0.25) is 0 Å². The number of sulfone groups is 1. The fraction of sp³-hybridized carbons (Fsp3) is 0.259. The molecule has 0 unspecified atom stereocenters. The minimum Gasteiger partial charge on any atom is -0.395 e. The molecule has 0 radical (unpaired) electrons. The standard InChI is InChI=1S/C27H29N5O3S/c33-17-16-32-14-11-24(12-15-32)36(34,35)23-8-6-22(7-9-23)31-27-29-18-20(19-30-27)4-5-21-2-1-3-26-25(21)10-13-28-26/h1-10,13,18-19,24,28,33H,11-12,14-17H2,(H,29,30,31)/b5-4+. The molecule has 0 atom stereocenters. The lowest BCUT2D eigenvalue weighted by Crippen LogP contribution is -2.40. The van der Waals surface area contributed by atoms with Gasteiger partial charge in [0.05, 0.1) is 16.8 Å². The summed E-state index contributed by atoms with van der Waals surface area (Å²) in [6, 6.07) is 14.9. The van der Waals surface area contributed by atoms with E-state index >= 15 is 0 Å². The number of fused-ring (bicyclic) bond motifs is 1. The highest BCUT2D eigenvalue weighted by molar-refractivity contribution is 7.92. The van der Waals surface area contributed by atoms with Crippen molar-refractivity contribution in [2.24, 2.45) is 0 Å². The van der Waals surface area contributed by atoms with Crippen LogP contribution in [-0.4, -0.2) is 64.9 Å². The number of piperidine rings is 1. The van der Waals surface area contributed by atoms with E-state index in [-0.39, 0.29) is 11.9 Å². The number of hydrogen-bond donors (Lipinski definition) is 3. The normalized spacial score (nSPS) is 15.6. The molecule has 3 N–H and O–H groups in total. The molecule has 1 fully saturated rings. The quantitative estimate of drug-likeness (QED) is 0.332. The molecule has 1 aliphatic heterocycles. The fourth-order valence-electron chi connectivity index (χ4n) is 4.56. The molecule has 0 aliphatic carbocycles. The molecule has 3 heterocycles. The number of β-amino-alcohol motifs (C(OH)–C–C–N with tert-alkyl or cyclic N) is 1. The average Bonchev–Trinajstić information content (AvgIpc) is 3.39. The van der Waals surface area contributed by atoms with Crippen LogP contribution in [0.4, 0.5) is 11.6 Å². The minimum atomic E-state index is -3.39. The lowest BCUT2D eigenvalue weighted by molar-refractivity contribution is 0.174. The number of rotatable bonds is 8. The number of benzene rings is 2. The summed E-state index contributed by atoms with van der Waals surface area (Å²) < 4.78 is 26.1. The van der Waals surface area contributed by atoms with Gasteiger partial charge in [-0.05, 0) is 67.9 Å². The molecular weight excluding hydrogens is 474 g/mol. The summed E-state index contributed by atoms with van der Waals surface area (Å²) in [7, 11) is -3.39. The SMILES string of the molecule is O=S(=O)(c1ccc(Nc2ncc(/C=C/c3cccc4[nH]ccc34)cn2)cc1)C1CCN(CCO)CC1. The van der Waals surface area contributed by atoms with Crippen molar-refractivity contribution < 1.29 is 13.5 Å². The summed E-state index contributed by atoms with van der Waals surface area (Å²) in [5, 5.41) is 13.0. The summed E-state index contributed by atoms with van der Waals surface area (Å²) >= 11 is 0. The van der Waals surface area contributed by atoms with Crippen molar-refractivity contribution in [3.63, 3.8) is 0 Å². The molecule has 0 amide bonds. The first kappa shape index (κ1) is 24.2. The Morgan fingerprint density at radius 3 is 2.50 bits per heavy atom. The van der Waals surface area contributed by atoms with E-state index in [4.69, 9.17) is 5.11 Å². The molecular formula is C27H29N5O3S. The van der Waals surface area contributed by atoms with Gasteiger partial charge in [-0.25, -0.2) is 18.4 Å². The van der Waals surface area contributed by atoms with Gasteiger partial charge < -0.3 is 20.3 Å². The van der Waals surface area contributed by atoms with Gasteiger partial charge in [-0.2, -0.15) is 0 Å². The summed E-state index contributed by atoms with van der Waals surface area (Å²) in [4.78, 5) is 14.4. The number of H-pyrrole nitrogens is 1. The van der Waals surface area contributed by atoms with Crippen LogP contribution in [0.3, 0.4) is 0 Å². The number of nitrogens with one attached hydrogen (secondary N) is 2. The van der Waals surface area contributed by atoms with Gasteiger partial charge in [-0.3, -0.25) is 0 Å². The highest BCUT2D eigenvalue weighted by atomic mass is 32.2. The summed E-state index contributed by atoms with van der Waals surface area (Å²) in [5.41, 5.74) is 3.80. The van der Waals surface area contributed by atoms with E-state index in [1.807, 2.05) is 30.5 Å². The maximum absolute atomic E-state index is 13.1. The number of anilines is 2. The van der Waals surface area contributed by atoms with Crippen LogP contribution in [0.25, 0.3) is 23.1 Å². The zero-order valence-corrected chi connectivity index (χ0v) is 20.7. The molecule has 36 heavy (non-hydrogen) atoms. The van der Waals surface area contributed by atoms with Gasteiger partial charge in [0.2, 0.25) is 5.95 Å². The van der Waals surface area contributed by atoms with E-state index in [1.54, 1.807) is 36.7 Å². The van der Waals surface area contributed by atoms with Gasteiger partial charge in [-0.15, -0.1) is 0 Å². The van der Waals surface area contributed by atoms with Crippen molar-refractivity contribution in [1.29, 1.82) is 0 Å². The molecule has 186 valence electrons. The van der Waals surface area contributed by atoms with E-state index in [2.05, 4.69) is 37.3 Å². The molecule has 5 rings (SSSR count). The molecule has 0 bridgehead atoms. The van der Waals surface area contributed by atoms with Gasteiger partial charge in [0.1, 0.15) is 0 Å². The Kier molecular flexibility index (Phi) is 7.13. The number of aliphatic hydroxyl groups is 1. The predicted octanol–water partition coefficient (Wildman–Crippen LogP) is 4.10. The molecule has 0 saturated carbocycles. The Labute approximate surface area is 210 Å². The summed E-state index contributed by atoms with van der Waals surface area (Å²) in [6.45, 7) is 2.07. The molecule has 4 aromatic rings. The molecule has 9 heteroatoms. The highest BCUT2D eigenvalue weighted by Crippen LogP contribution is 2.26. The summed E-state index contributed by atoms with van der Waals surface area (Å²) in [5.74, 6) is 0.437. The second-order valence-electron chi connectivity index (χ2n) is 8.92. The van der Waals surface area contributed by atoms with Gasteiger partial charge in [-0.1, -0.05) is 24.3 Å². The number of aromatic amines is 1. The van der Waals surface area contributed by atoms with Crippen LogP contribution in [-0.2, 0) is 9.84 Å². The first-order valence-electron chi connectivity index (χ1n) is 12.0. The van der Waals surface area contributed by atoms with Crippen LogP contribution in [0, 0.1) is 0 Å². The number of nitrogens with zero attached hydrogens (tertiary/aromatic N) is 3. The molecule has 1 saturated heterocycles. The van der Waals surface area contributed by atoms with Gasteiger partial charge >= 0.3 is 0 Å². The third-order valence-corrected chi connectivity index (χ3v) is 8.86. The van der Waals surface area contributed by atoms with Crippen molar-refractivity contribution in [2.45, 2.75) is 23.0 Å². The third-order valence-electron chi connectivity index (χ3n) is 6.58. The molecule has 2 aromatic heterocycles. The average molecular weight is 504 g/mol. The molecule has 1 aliphatic rings. The maximum Gasteiger partial charge on any atom is 0.227 e. The van der Waals surface area contributed by atoms with E-state index in [9.17, 15) is 8.42 Å². The first-order valence-corrected chi connectivity index (χ1v) is 13.6. The van der Waals surface area contributed by atoms with Gasteiger partial charge in [0, 0.05) is 47.3 Å². The fourth-order valence-corrected chi connectivity index (χ4v) is 6.30. The number of hydrogen-bond acceptors (Lipinski definition) is 7. The Balaban J connectivity index is 1.21. The monoisotopic (exact) mass is 503 g/mol. The molecule has 0 spiro atoms. The Hall–Kier alpha value is -3.53. The number of aromatic nitrogens is 3. The van der Waals surface area contributed by atoms with Crippen LogP contribution < -0.4 is 5.32 Å². The van der Waals surface area contributed by atoms with E-state index < -0.39 is 9.84 Å². The van der Waals surface area contributed by atoms with Crippen molar-refractivity contribution in [3.05, 3.63) is 78.2 Å². The zero-order chi connectivity index (χ0) is 25.0. The van der Waals surface area contributed by atoms with E-state index in [0.717, 1.165) is 22.0 Å². The van der Waals surface area contributed by atoms with Gasteiger partial charge in [0.25, 0.3) is 0 Å². The lowest BCUT2D eigenvalue weighted by Gasteiger charge is -2.31. The first-order chi connectivity index (χ1) is 17.5. The highest BCUT2D eigenvalue weighted by Gasteiger charge is 2.31. The Bertz CT molecular complexity index is 1440. The molecule has 2 aromatic carbocycles. The van der Waals surface area contributed by atoms with Crippen LogP contribution in [0.5, 0.6) is 0 Å². The largest absolute Gasteiger partial charge is 0.395 e. The van der Waals surface area contributed by atoms with Crippen LogP contribution in [0.15, 0.2) is 72.0 Å². The third kappa shape index (κ3) is 5.33. The van der Waals surface area contributed by atoms with E-state index in [0.29, 0.717) is 49.0 Å². The van der Waals surface area contributed by atoms with Crippen LogP contribution >= 0.6 is 0 Å². The Morgan fingerprint density at radius 1 is 1.03 bits per heavy atom. The lowest BCUT2D eigenvalue weighted by atomic mass is 10.1. The van der Waals surface area contributed by atoms with Gasteiger partial charge in [0.15, 0.2) is 9.84 Å². The maximum atomic E-state index is 13.1. The predicted molar refractivity (Wildman–Crippen MR) is 143 cm³/mol. The summed E-state index contributed by atoms with van der Waals surface area (Å²) in [6.07, 6.45) is 10.6. The van der Waals surface area contributed by atoms with E-state index in [1.165, 1.54) is 0 Å². The topological polar surface area (TPSA) is 111 Å². The second kappa shape index (κ2) is 10.6.